The van der Waals surface area contributed by atoms with Crippen LogP contribution >= 0.6 is 31.9 Å². The SMILES string of the molecule is COc1ccc(C(=O)NCC(=O)N/N=C\c2cc(Br)cc(Br)c2OC(=O)c2ccc3c(c2)OCO3)cc1OC. The standard InChI is InChI=1S/C26H21Br2N3O8/c1-35-19-5-3-14(8-21(19)36-2)25(33)29-12-23(32)31-30-11-16-7-17(27)10-18(28)24(16)39-26(34)15-4-6-20-22(9-15)38-13-37-20/h3-11H,12-13H2,1-2H3,(H,29,33)(H,31,32)/b30-11-. The van der Waals surface area contributed by atoms with Crippen LogP contribution in [0.5, 0.6) is 28.7 Å². The second kappa shape index (κ2) is 12.6. The van der Waals surface area contributed by atoms with E-state index < -0.39 is 17.8 Å². The summed E-state index contributed by atoms with van der Waals surface area (Å²) in [5.74, 6) is 0.336. The third-order valence-corrected chi connectivity index (χ3v) is 6.34. The first-order valence-corrected chi connectivity index (χ1v) is 12.8. The number of nitrogens with zero attached hydrogens (tertiary/aromatic N) is 1. The average Bonchev–Trinajstić information content (AvgIpc) is 3.41. The molecule has 3 aromatic rings. The van der Waals surface area contributed by atoms with Crippen LogP contribution in [-0.4, -0.2) is 51.6 Å². The average molecular weight is 663 g/mol. The highest BCUT2D eigenvalue weighted by Gasteiger charge is 2.20. The molecule has 0 saturated carbocycles. The van der Waals surface area contributed by atoms with E-state index in [1.807, 2.05) is 0 Å². The topological polar surface area (TPSA) is 134 Å². The molecule has 1 aliphatic heterocycles. The fraction of sp³-hybridized carbons (Fsp3) is 0.154. The number of hydrazone groups is 1. The number of fused-ring (bicyclic) bond motifs is 1. The molecule has 0 atom stereocenters. The summed E-state index contributed by atoms with van der Waals surface area (Å²) >= 11 is 6.77. The smallest absolute Gasteiger partial charge is 0.343 e. The molecule has 0 fully saturated rings. The number of hydrogen-bond donors (Lipinski definition) is 2. The van der Waals surface area contributed by atoms with E-state index in [0.29, 0.717) is 37.5 Å². The Morgan fingerprint density at radius 3 is 2.46 bits per heavy atom. The highest BCUT2D eigenvalue weighted by Crippen LogP contribution is 2.35. The van der Waals surface area contributed by atoms with Gasteiger partial charge in [0.25, 0.3) is 11.8 Å². The number of amides is 2. The fourth-order valence-electron chi connectivity index (χ4n) is 3.41. The lowest BCUT2D eigenvalue weighted by atomic mass is 10.2. The van der Waals surface area contributed by atoms with E-state index in [1.165, 1.54) is 32.6 Å². The van der Waals surface area contributed by atoms with Crippen molar-refractivity contribution in [3.63, 3.8) is 0 Å². The van der Waals surface area contributed by atoms with Crippen molar-refractivity contribution in [2.75, 3.05) is 27.6 Å². The Bertz CT molecular complexity index is 1460. The summed E-state index contributed by atoms with van der Waals surface area (Å²) in [4.78, 5) is 37.5. The van der Waals surface area contributed by atoms with Gasteiger partial charge < -0.3 is 29.0 Å². The molecule has 2 amide bonds. The number of rotatable bonds is 9. The van der Waals surface area contributed by atoms with Gasteiger partial charge in [0.1, 0.15) is 0 Å². The molecule has 1 aliphatic rings. The molecule has 4 rings (SSSR count). The van der Waals surface area contributed by atoms with Gasteiger partial charge >= 0.3 is 5.97 Å². The Balaban J connectivity index is 1.38. The number of ether oxygens (including phenoxy) is 5. The molecule has 39 heavy (non-hydrogen) atoms. The maximum Gasteiger partial charge on any atom is 0.343 e. The third kappa shape index (κ3) is 6.86. The molecule has 11 nitrogen and oxygen atoms in total. The molecule has 13 heteroatoms. The van der Waals surface area contributed by atoms with Gasteiger partial charge in [0.2, 0.25) is 6.79 Å². The molecule has 0 aromatic heterocycles. The Hall–Kier alpha value is -4.10. The first kappa shape index (κ1) is 27.9. The Morgan fingerprint density at radius 1 is 0.949 bits per heavy atom. The largest absolute Gasteiger partial charge is 0.493 e. The van der Waals surface area contributed by atoms with Crippen LogP contribution in [0.2, 0.25) is 0 Å². The molecular formula is C26H21Br2N3O8. The van der Waals surface area contributed by atoms with Gasteiger partial charge in [0, 0.05) is 15.6 Å². The highest BCUT2D eigenvalue weighted by molar-refractivity contribution is 9.11. The van der Waals surface area contributed by atoms with E-state index in [-0.39, 0.29) is 30.2 Å². The molecule has 0 spiro atoms. The molecular weight excluding hydrogens is 642 g/mol. The number of halogens is 2. The summed E-state index contributed by atoms with van der Waals surface area (Å²) in [5.41, 5.74) is 3.27. The van der Waals surface area contributed by atoms with Crippen molar-refractivity contribution in [3.8, 4) is 28.7 Å². The van der Waals surface area contributed by atoms with Crippen LogP contribution in [-0.2, 0) is 4.79 Å². The second-order valence-corrected chi connectivity index (χ2v) is 9.58. The fourth-order valence-corrected chi connectivity index (χ4v) is 4.75. The lowest BCUT2D eigenvalue weighted by molar-refractivity contribution is -0.120. The normalized spacial score (nSPS) is 11.7. The minimum absolute atomic E-state index is 0.0817. The lowest BCUT2D eigenvalue weighted by Gasteiger charge is -2.11. The zero-order chi connectivity index (χ0) is 27.9. The van der Waals surface area contributed by atoms with Crippen LogP contribution in [0.3, 0.4) is 0 Å². The monoisotopic (exact) mass is 661 g/mol. The summed E-state index contributed by atoms with van der Waals surface area (Å²) < 4.78 is 27.7. The van der Waals surface area contributed by atoms with Gasteiger partial charge in [-0.2, -0.15) is 5.10 Å². The van der Waals surface area contributed by atoms with Crippen LogP contribution in [0.25, 0.3) is 0 Å². The van der Waals surface area contributed by atoms with E-state index in [1.54, 1.807) is 36.4 Å². The number of carbonyl (C=O) groups excluding carboxylic acids is 3. The zero-order valence-corrected chi connectivity index (χ0v) is 23.8. The van der Waals surface area contributed by atoms with Gasteiger partial charge in [0.15, 0.2) is 28.7 Å². The van der Waals surface area contributed by atoms with Crippen LogP contribution in [0.1, 0.15) is 26.3 Å². The Labute approximate surface area is 239 Å². The maximum atomic E-state index is 12.8. The van der Waals surface area contributed by atoms with Crippen LogP contribution in [0, 0.1) is 0 Å². The van der Waals surface area contributed by atoms with E-state index in [0.717, 1.165) is 0 Å². The van der Waals surface area contributed by atoms with Gasteiger partial charge in [0.05, 0.1) is 37.0 Å². The van der Waals surface area contributed by atoms with Crippen molar-refractivity contribution in [2.24, 2.45) is 5.10 Å². The number of methoxy groups -OCH3 is 2. The van der Waals surface area contributed by atoms with Gasteiger partial charge in [-0.1, -0.05) is 15.9 Å². The van der Waals surface area contributed by atoms with E-state index >= 15 is 0 Å². The highest BCUT2D eigenvalue weighted by atomic mass is 79.9. The molecule has 2 N–H and O–H groups in total. The van der Waals surface area contributed by atoms with Crippen LogP contribution < -0.4 is 34.4 Å². The summed E-state index contributed by atoms with van der Waals surface area (Å²) in [5, 5.41) is 6.43. The number of carbonyl (C=O) groups is 3. The molecule has 0 saturated heterocycles. The molecule has 3 aromatic carbocycles. The third-order valence-electron chi connectivity index (χ3n) is 5.29. The minimum atomic E-state index is -0.632. The van der Waals surface area contributed by atoms with Gasteiger partial charge in [-0.05, 0) is 64.5 Å². The summed E-state index contributed by atoms with van der Waals surface area (Å²) in [7, 11) is 2.94. The first-order valence-electron chi connectivity index (χ1n) is 11.2. The molecule has 202 valence electrons. The quantitative estimate of drug-likeness (QED) is 0.152. The van der Waals surface area contributed by atoms with Gasteiger partial charge in [-0.3, -0.25) is 9.59 Å². The number of benzene rings is 3. The maximum absolute atomic E-state index is 12.8. The van der Waals surface area contributed by atoms with Crippen LogP contribution in [0.15, 0.2) is 62.6 Å². The van der Waals surface area contributed by atoms with Crippen LogP contribution in [0.4, 0.5) is 0 Å². The molecule has 0 unspecified atom stereocenters. The summed E-state index contributed by atoms with van der Waals surface area (Å²) in [6.45, 7) is -0.253. The van der Waals surface area contributed by atoms with Gasteiger partial charge in [-0.15, -0.1) is 0 Å². The Kier molecular flexibility index (Phi) is 9.04. The van der Waals surface area contributed by atoms with Crippen molar-refractivity contribution in [1.29, 1.82) is 0 Å². The summed E-state index contributed by atoms with van der Waals surface area (Å²) in [6, 6.07) is 12.7. The number of hydrogen-bond acceptors (Lipinski definition) is 9. The number of esters is 1. The van der Waals surface area contributed by atoms with Crippen molar-refractivity contribution in [3.05, 3.63) is 74.2 Å². The molecule has 0 radical (unpaired) electrons. The van der Waals surface area contributed by atoms with Crippen molar-refractivity contribution >= 4 is 55.9 Å². The molecule has 0 aliphatic carbocycles. The van der Waals surface area contributed by atoms with Crippen molar-refractivity contribution in [2.45, 2.75) is 0 Å². The predicted octanol–water partition coefficient (Wildman–Crippen LogP) is 4.06. The van der Waals surface area contributed by atoms with Gasteiger partial charge in [-0.25, -0.2) is 10.2 Å². The number of nitrogens with one attached hydrogen (secondary N) is 2. The molecule has 0 bridgehead atoms. The lowest BCUT2D eigenvalue weighted by Crippen LogP contribution is -2.34. The molecule has 1 heterocycles. The second-order valence-electron chi connectivity index (χ2n) is 7.81. The van der Waals surface area contributed by atoms with E-state index in [4.69, 9.17) is 23.7 Å². The van der Waals surface area contributed by atoms with E-state index in [2.05, 4.69) is 47.7 Å². The van der Waals surface area contributed by atoms with Crippen molar-refractivity contribution < 1.29 is 38.1 Å². The first-order chi connectivity index (χ1) is 18.8. The van der Waals surface area contributed by atoms with E-state index in [9.17, 15) is 14.4 Å². The zero-order valence-electron chi connectivity index (χ0n) is 20.6. The predicted molar refractivity (Wildman–Crippen MR) is 147 cm³/mol. The van der Waals surface area contributed by atoms with Crippen molar-refractivity contribution in [1.82, 2.24) is 10.7 Å². The summed E-state index contributed by atoms with van der Waals surface area (Å²) in [6.07, 6.45) is 1.31. The Morgan fingerprint density at radius 2 is 1.69 bits per heavy atom. The minimum Gasteiger partial charge on any atom is -0.493 e.